The molecule has 2 aliphatic rings. The van der Waals surface area contributed by atoms with E-state index in [0.717, 1.165) is 12.1 Å². The Bertz CT molecular complexity index is 164. The maximum absolute atomic E-state index is 3.50. The van der Waals surface area contributed by atoms with Gasteiger partial charge in [0.05, 0.1) is 0 Å². The minimum Gasteiger partial charge on any atom is -0.317 e. The maximum Gasteiger partial charge on any atom is 0.00980 e. The second kappa shape index (κ2) is 5.13. The average Bonchev–Trinajstić information content (AvgIpc) is 2.65. The zero-order valence-corrected chi connectivity index (χ0v) is 9.47. The van der Waals surface area contributed by atoms with Gasteiger partial charge in [-0.15, -0.1) is 0 Å². The van der Waals surface area contributed by atoms with Crippen molar-refractivity contribution in [1.82, 2.24) is 10.2 Å². The van der Waals surface area contributed by atoms with Crippen LogP contribution >= 0.6 is 0 Å². The Morgan fingerprint density at radius 1 is 1.00 bits per heavy atom. The Kier molecular flexibility index (Phi) is 3.82. The van der Waals surface area contributed by atoms with Crippen LogP contribution in [-0.4, -0.2) is 36.6 Å². The van der Waals surface area contributed by atoms with Crippen LogP contribution in [0.5, 0.6) is 0 Å². The SMILES string of the molecule is CC1CCNCCCN1C1CCCC1. The molecule has 1 aliphatic carbocycles. The van der Waals surface area contributed by atoms with Gasteiger partial charge in [0.15, 0.2) is 0 Å². The minimum atomic E-state index is 0.797. The first-order valence-electron chi connectivity index (χ1n) is 6.34. The molecule has 1 aliphatic heterocycles. The van der Waals surface area contributed by atoms with Gasteiger partial charge in [-0.05, 0) is 52.2 Å². The van der Waals surface area contributed by atoms with Crippen molar-refractivity contribution in [2.45, 2.75) is 57.5 Å². The predicted octanol–water partition coefficient (Wildman–Crippen LogP) is 2.00. The summed E-state index contributed by atoms with van der Waals surface area (Å²) < 4.78 is 0. The van der Waals surface area contributed by atoms with Crippen molar-refractivity contribution in [3.8, 4) is 0 Å². The largest absolute Gasteiger partial charge is 0.317 e. The summed E-state index contributed by atoms with van der Waals surface area (Å²) in [5, 5.41) is 3.50. The third-order valence-corrected chi connectivity index (χ3v) is 3.87. The van der Waals surface area contributed by atoms with E-state index in [1.54, 1.807) is 0 Å². The predicted molar refractivity (Wildman–Crippen MR) is 60.5 cm³/mol. The van der Waals surface area contributed by atoms with Crippen molar-refractivity contribution in [2.24, 2.45) is 0 Å². The second-order valence-electron chi connectivity index (χ2n) is 4.92. The summed E-state index contributed by atoms with van der Waals surface area (Å²) in [6.45, 7) is 6.16. The standard InChI is InChI=1S/C12H24N2/c1-11-7-9-13-8-4-10-14(11)12-5-2-3-6-12/h11-13H,2-10H2,1H3. The average molecular weight is 196 g/mol. The molecule has 0 bridgehead atoms. The van der Waals surface area contributed by atoms with Crippen LogP contribution in [0.2, 0.25) is 0 Å². The molecule has 0 radical (unpaired) electrons. The smallest absolute Gasteiger partial charge is 0.00980 e. The van der Waals surface area contributed by atoms with Gasteiger partial charge in [-0.3, -0.25) is 4.90 Å². The van der Waals surface area contributed by atoms with Crippen LogP contribution in [0, 0.1) is 0 Å². The van der Waals surface area contributed by atoms with E-state index in [1.165, 1.54) is 58.2 Å². The summed E-state index contributed by atoms with van der Waals surface area (Å²) in [5.41, 5.74) is 0. The Morgan fingerprint density at radius 2 is 1.79 bits per heavy atom. The number of hydrogen-bond donors (Lipinski definition) is 1. The van der Waals surface area contributed by atoms with E-state index in [0.29, 0.717) is 0 Å². The van der Waals surface area contributed by atoms with E-state index in [-0.39, 0.29) is 0 Å². The highest BCUT2D eigenvalue weighted by molar-refractivity contribution is 4.82. The zero-order valence-electron chi connectivity index (χ0n) is 9.47. The summed E-state index contributed by atoms with van der Waals surface area (Å²) in [4.78, 5) is 2.79. The van der Waals surface area contributed by atoms with Crippen LogP contribution in [0.25, 0.3) is 0 Å². The summed E-state index contributed by atoms with van der Waals surface area (Å²) in [6.07, 6.45) is 8.51. The van der Waals surface area contributed by atoms with Gasteiger partial charge in [0.2, 0.25) is 0 Å². The molecule has 1 saturated heterocycles. The molecule has 2 heteroatoms. The first-order valence-corrected chi connectivity index (χ1v) is 6.34. The second-order valence-corrected chi connectivity index (χ2v) is 4.92. The quantitative estimate of drug-likeness (QED) is 0.690. The molecule has 1 unspecified atom stereocenters. The highest BCUT2D eigenvalue weighted by Crippen LogP contribution is 2.26. The lowest BCUT2D eigenvalue weighted by molar-refractivity contribution is 0.128. The first kappa shape index (κ1) is 10.4. The van der Waals surface area contributed by atoms with E-state index in [9.17, 15) is 0 Å². The lowest BCUT2D eigenvalue weighted by Gasteiger charge is -2.36. The Labute approximate surface area is 88.1 Å². The Morgan fingerprint density at radius 3 is 2.57 bits per heavy atom. The molecule has 0 aromatic heterocycles. The summed E-state index contributed by atoms with van der Waals surface area (Å²) in [7, 11) is 0. The molecule has 2 nitrogen and oxygen atoms in total. The van der Waals surface area contributed by atoms with Crippen LogP contribution in [0.3, 0.4) is 0 Å². The van der Waals surface area contributed by atoms with E-state index >= 15 is 0 Å². The number of rotatable bonds is 1. The molecular formula is C12H24N2. The molecular weight excluding hydrogens is 172 g/mol. The van der Waals surface area contributed by atoms with E-state index < -0.39 is 0 Å². The normalized spacial score (nSPS) is 32.8. The van der Waals surface area contributed by atoms with Crippen molar-refractivity contribution in [3.05, 3.63) is 0 Å². The van der Waals surface area contributed by atoms with Gasteiger partial charge >= 0.3 is 0 Å². The van der Waals surface area contributed by atoms with Crippen LogP contribution in [0.15, 0.2) is 0 Å². The summed E-state index contributed by atoms with van der Waals surface area (Å²) >= 11 is 0. The molecule has 14 heavy (non-hydrogen) atoms. The first-order chi connectivity index (χ1) is 6.88. The fourth-order valence-corrected chi connectivity index (χ4v) is 2.99. The van der Waals surface area contributed by atoms with Gasteiger partial charge in [0.1, 0.15) is 0 Å². The van der Waals surface area contributed by atoms with Gasteiger partial charge in [-0.1, -0.05) is 12.8 Å². The van der Waals surface area contributed by atoms with Crippen molar-refractivity contribution < 1.29 is 0 Å². The third-order valence-electron chi connectivity index (χ3n) is 3.87. The fourth-order valence-electron chi connectivity index (χ4n) is 2.99. The molecule has 82 valence electrons. The molecule has 1 N–H and O–H groups in total. The van der Waals surface area contributed by atoms with E-state index in [1.807, 2.05) is 0 Å². The van der Waals surface area contributed by atoms with Gasteiger partial charge < -0.3 is 5.32 Å². The van der Waals surface area contributed by atoms with Crippen molar-refractivity contribution >= 4 is 0 Å². The highest BCUT2D eigenvalue weighted by Gasteiger charge is 2.26. The zero-order chi connectivity index (χ0) is 9.80. The molecule has 0 amide bonds. The molecule has 2 rings (SSSR count). The van der Waals surface area contributed by atoms with Gasteiger partial charge in [-0.2, -0.15) is 0 Å². The maximum atomic E-state index is 3.50. The van der Waals surface area contributed by atoms with Crippen LogP contribution < -0.4 is 5.32 Å². The van der Waals surface area contributed by atoms with Crippen molar-refractivity contribution in [3.63, 3.8) is 0 Å². The van der Waals surface area contributed by atoms with Crippen LogP contribution in [0.1, 0.15) is 45.4 Å². The lowest BCUT2D eigenvalue weighted by atomic mass is 10.1. The fraction of sp³-hybridized carbons (Fsp3) is 1.00. The third kappa shape index (κ3) is 2.48. The van der Waals surface area contributed by atoms with Crippen molar-refractivity contribution in [2.75, 3.05) is 19.6 Å². The number of hydrogen-bond acceptors (Lipinski definition) is 2. The molecule has 1 atom stereocenters. The van der Waals surface area contributed by atoms with Crippen LogP contribution in [0.4, 0.5) is 0 Å². The van der Waals surface area contributed by atoms with Gasteiger partial charge in [-0.25, -0.2) is 0 Å². The molecule has 0 spiro atoms. The van der Waals surface area contributed by atoms with Crippen LogP contribution in [-0.2, 0) is 0 Å². The van der Waals surface area contributed by atoms with Gasteiger partial charge in [0.25, 0.3) is 0 Å². The monoisotopic (exact) mass is 196 g/mol. The van der Waals surface area contributed by atoms with E-state index in [2.05, 4.69) is 17.1 Å². The molecule has 1 saturated carbocycles. The van der Waals surface area contributed by atoms with Gasteiger partial charge in [0, 0.05) is 12.1 Å². The minimum absolute atomic E-state index is 0.797. The topological polar surface area (TPSA) is 15.3 Å². The Balaban J connectivity index is 1.90. The Hall–Kier alpha value is -0.0800. The lowest BCUT2D eigenvalue weighted by Crippen LogP contribution is -2.44. The molecule has 2 fully saturated rings. The summed E-state index contributed by atoms with van der Waals surface area (Å²) in [6, 6.07) is 1.72. The highest BCUT2D eigenvalue weighted by atomic mass is 15.2. The van der Waals surface area contributed by atoms with Crippen molar-refractivity contribution in [1.29, 1.82) is 0 Å². The molecule has 1 heterocycles. The number of nitrogens with zero attached hydrogens (tertiary/aromatic N) is 1. The molecule has 0 aromatic carbocycles. The van der Waals surface area contributed by atoms with E-state index in [4.69, 9.17) is 0 Å². The summed E-state index contributed by atoms with van der Waals surface area (Å²) in [5.74, 6) is 0. The number of nitrogens with one attached hydrogen (secondary N) is 1. The molecule has 0 aromatic rings.